The summed E-state index contributed by atoms with van der Waals surface area (Å²) in [5.74, 6) is -0.0558. The van der Waals surface area contributed by atoms with Gasteiger partial charge in [-0.15, -0.1) is 0 Å². The van der Waals surface area contributed by atoms with Gasteiger partial charge in [0.1, 0.15) is 15.7 Å². The summed E-state index contributed by atoms with van der Waals surface area (Å²) in [4.78, 5) is 4.08. The molecule has 0 bridgehead atoms. The predicted octanol–water partition coefficient (Wildman–Crippen LogP) is 2.48. The van der Waals surface area contributed by atoms with Crippen LogP contribution in [0.15, 0.2) is 18.3 Å². The average Bonchev–Trinajstić information content (AvgIpc) is 2.43. The fraction of sp³-hybridized carbons (Fsp3) is 0.643. The number of hydrogen-bond acceptors (Lipinski definition) is 4. The molecule has 0 spiro atoms. The van der Waals surface area contributed by atoms with Gasteiger partial charge in [-0.2, -0.15) is 0 Å². The summed E-state index contributed by atoms with van der Waals surface area (Å²) in [5.41, 5.74) is 0.370. The van der Waals surface area contributed by atoms with Crippen LogP contribution in [0, 0.1) is 5.82 Å². The highest BCUT2D eigenvalue weighted by Crippen LogP contribution is 2.19. The quantitative estimate of drug-likeness (QED) is 0.761. The van der Waals surface area contributed by atoms with Crippen molar-refractivity contribution in [1.82, 2.24) is 10.3 Å². The first-order valence-electron chi connectivity index (χ1n) is 7.04. The standard InChI is InChI=1S/C14H23FN2O2S/c1-3-9-16-13(8-6-11-20(18,19)4-2)14-12(15)7-5-10-17-14/h5,7,10,13,16H,3-4,6,8-9,11H2,1-2H3. The van der Waals surface area contributed by atoms with E-state index in [1.165, 1.54) is 6.07 Å². The van der Waals surface area contributed by atoms with E-state index in [2.05, 4.69) is 10.3 Å². The SMILES string of the molecule is CCCNC(CCCS(=O)(=O)CC)c1ncccc1F. The van der Waals surface area contributed by atoms with Gasteiger partial charge in [-0.3, -0.25) is 4.98 Å². The molecule has 0 fully saturated rings. The van der Waals surface area contributed by atoms with Crippen LogP contribution in [-0.2, 0) is 9.84 Å². The van der Waals surface area contributed by atoms with E-state index in [1.807, 2.05) is 6.92 Å². The number of rotatable bonds is 9. The second-order valence-electron chi connectivity index (χ2n) is 4.76. The molecule has 4 nitrogen and oxygen atoms in total. The molecule has 1 aromatic heterocycles. The summed E-state index contributed by atoms with van der Waals surface area (Å²) in [6, 6.07) is 2.70. The molecule has 1 aromatic rings. The number of halogens is 1. The maximum Gasteiger partial charge on any atom is 0.150 e. The van der Waals surface area contributed by atoms with Crippen LogP contribution >= 0.6 is 0 Å². The third kappa shape index (κ3) is 5.54. The van der Waals surface area contributed by atoms with Crippen molar-refractivity contribution < 1.29 is 12.8 Å². The topological polar surface area (TPSA) is 59.1 Å². The van der Waals surface area contributed by atoms with Gasteiger partial charge < -0.3 is 5.32 Å². The van der Waals surface area contributed by atoms with Crippen molar-refractivity contribution in [2.45, 2.75) is 39.2 Å². The lowest BCUT2D eigenvalue weighted by Crippen LogP contribution is -2.25. The monoisotopic (exact) mass is 302 g/mol. The van der Waals surface area contributed by atoms with E-state index in [0.29, 0.717) is 18.5 Å². The van der Waals surface area contributed by atoms with E-state index in [4.69, 9.17) is 0 Å². The zero-order chi connectivity index (χ0) is 15.0. The lowest BCUT2D eigenvalue weighted by molar-refractivity contribution is 0.456. The number of aromatic nitrogens is 1. The molecule has 1 N–H and O–H groups in total. The first-order valence-corrected chi connectivity index (χ1v) is 8.86. The van der Waals surface area contributed by atoms with E-state index in [9.17, 15) is 12.8 Å². The van der Waals surface area contributed by atoms with Gasteiger partial charge in [0, 0.05) is 11.9 Å². The summed E-state index contributed by atoms with van der Waals surface area (Å²) in [5, 5.41) is 3.23. The van der Waals surface area contributed by atoms with Crippen LogP contribution in [0.5, 0.6) is 0 Å². The Balaban J connectivity index is 2.68. The molecule has 6 heteroatoms. The van der Waals surface area contributed by atoms with Crippen LogP contribution in [-0.4, -0.2) is 31.5 Å². The Labute approximate surface area is 120 Å². The molecule has 1 atom stereocenters. The molecule has 0 aliphatic rings. The van der Waals surface area contributed by atoms with Gasteiger partial charge in [0.15, 0.2) is 0 Å². The molecule has 1 rings (SSSR count). The van der Waals surface area contributed by atoms with Crippen LogP contribution < -0.4 is 5.32 Å². The fourth-order valence-corrected chi connectivity index (χ4v) is 2.86. The third-order valence-corrected chi connectivity index (χ3v) is 4.94. The van der Waals surface area contributed by atoms with Gasteiger partial charge in [0.2, 0.25) is 0 Å². The summed E-state index contributed by atoms with van der Waals surface area (Å²) < 4.78 is 36.8. The minimum atomic E-state index is -2.97. The first-order chi connectivity index (χ1) is 9.50. The van der Waals surface area contributed by atoms with Gasteiger partial charge >= 0.3 is 0 Å². The van der Waals surface area contributed by atoms with Crippen molar-refractivity contribution in [3.05, 3.63) is 29.8 Å². The van der Waals surface area contributed by atoms with Crippen molar-refractivity contribution in [3.63, 3.8) is 0 Å². The Bertz CT molecular complexity index is 506. The van der Waals surface area contributed by atoms with Crippen LogP contribution in [0.3, 0.4) is 0 Å². The molecule has 0 aromatic carbocycles. The minimum absolute atomic E-state index is 0.141. The van der Waals surface area contributed by atoms with E-state index in [-0.39, 0.29) is 23.4 Å². The first kappa shape index (κ1) is 17.0. The highest BCUT2D eigenvalue weighted by Gasteiger charge is 2.17. The maximum absolute atomic E-state index is 13.8. The zero-order valence-corrected chi connectivity index (χ0v) is 12.9. The number of pyridine rings is 1. The molecule has 0 saturated heterocycles. The summed E-state index contributed by atoms with van der Waals surface area (Å²) in [7, 11) is -2.97. The zero-order valence-electron chi connectivity index (χ0n) is 12.1. The van der Waals surface area contributed by atoms with E-state index < -0.39 is 9.84 Å². The molecule has 0 aliphatic heterocycles. The third-order valence-electron chi connectivity index (χ3n) is 3.15. The molecule has 1 unspecified atom stereocenters. The normalized spacial score (nSPS) is 13.3. The van der Waals surface area contributed by atoms with Crippen molar-refractivity contribution in [1.29, 1.82) is 0 Å². The summed E-state index contributed by atoms with van der Waals surface area (Å²) >= 11 is 0. The van der Waals surface area contributed by atoms with Gasteiger partial charge in [0.25, 0.3) is 0 Å². The van der Waals surface area contributed by atoms with Crippen LogP contribution in [0.4, 0.5) is 4.39 Å². The second-order valence-corrected chi connectivity index (χ2v) is 7.23. The van der Waals surface area contributed by atoms with Crippen LogP contribution in [0.1, 0.15) is 44.8 Å². The predicted molar refractivity (Wildman–Crippen MR) is 78.8 cm³/mol. The molecular formula is C14H23FN2O2S. The highest BCUT2D eigenvalue weighted by atomic mass is 32.2. The van der Waals surface area contributed by atoms with Gasteiger partial charge in [-0.25, -0.2) is 12.8 Å². The molecule has 0 saturated carbocycles. The van der Waals surface area contributed by atoms with Crippen molar-refractivity contribution >= 4 is 9.84 Å². The largest absolute Gasteiger partial charge is 0.309 e. The highest BCUT2D eigenvalue weighted by molar-refractivity contribution is 7.91. The Morgan fingerprint density at radius 1 is 1.40 bits per heavy atom. The molecular weight excluding hydrogens is 279 g/mol. The summed E-state index contributed by atoms with van der Waals surface area (Å²) in [6.07, 6.45) is 3.56. The number of hydrogen-bond donors (Lipinski definition) is 1. The Hall–Kier alpha value is -1.01. The van der Waals surface area contributed by atoms with Crippen molar-refractivity contribution in [2.75, 3.05) is 18.1 Å². The molecule has 20 heavy (non-hydrogen) atoms. The summed E-state index contributed by atoms with van der Waals surface area (Å²) in [6.45, 7) is 4.42. The smallest absolute Gasteiger partial charge is 0.150 e. The van der Waals surface area contributed by atoms with Crippen LogP contribution in [0.25, 0.3) is 0 Å². The van der Waals surface area contributed by atoms with Crippen molar-refractivity contribution in [2.24, 2.45) is 0 Å². The number of sulfone groups is 1. The Morgan fingerprint density at radius 3 is 2.75 bits per heavy atom. The molecule has 114 valence electrons. The van der Waals surface area contributed by atoms with Crippen molar-refractivity contribution in [3.8, 4) is 0 Å². The molecule has 0 radical (unpaired) electrons. The lowest BCUT2D eigenvalue weighted by Gasteiger charge is -2.18. The molecule has 1 heterocycles. The number of nitrogens with one attached hydrogen (secondary N) is 1. The molecule has 0 amide bonds. The fourth-order valence-electron chi connectivity index (χ4n) is 1.96. The van der Waals surface area contributed by atoms with Gasteiger partial charge in [-0.05, 0) is 37.9 Å². The lowest BCUT2D eigenvalue weighted by atomic mass is 10.1. The van der Waals surface area contributed by atoms with Gasteiger partial charge in [0.05, 0.1) is 17.5 Å². The van der Waals surface area contributed by atoms with Gasteiger partial charge in [-0.1, -0.05) is 13.8 Å². The number of nitrogens with zero attached hydrogens (tertiary/aromatic N) is 1. The van der Waals surface area contributed by atoms with Crippen LogP contribution in [0.2, 0.25) is 0 Å². The van der Waals surface area contributed by atoms with E-state index >= 15 is 0 Å². The molecule has 0 aliphatic carbocycles. The van der Waals surface area contributed by atoms with E-state index in [0.717, 1.165) is 13.0 Å². The maximum atomic E-state index is 13.8. The Morgan fingerprint density at radius 2 is 2.15 bits per heavy atom. The average molecular weight is 302 g/mol. The minimum Gasteiger partial charge on any atom is -0.309 e. The second kappa shape index (κ2) is 8.32. The Kier molecular flexibility index (Phi) is 7.09. The van der Waals surface area contributed by atoms with E-state index in [1.54, 1.807) is 19.2 Å².